The molecule has 0 saturated heterocycles. The Hall–Kier alpha value is -1.76. The predicted octanol–water partition coefficient (Wildman–Crippen LogP) is 9.64. The Labute approximate surface area is 185 Å². The summed E-state index contributed by atoms with van der Waals surface area (Å²) < 4.78 is 0. The molecule has 0 radical (unpaired) electrons. The van der Waals surface area contributed by atoms with Crippen molar-refractivity contribution < 1.29 is 5.11 Å². The molecule has 0 amide bonds. The van der Waals surface area contributed by atoms with E-state index in [4.69, 9.17) is 0 Å². The van der Waals surface area contributed by atoms with Crippen molar-refractivity contribution in [2.75, 3.05) is 0 Å². The first-order chi connectivity index (χ1) is 14.8. The lowest BCUT2D eigenvalue weighted by Gasteiger charge is -2.21. The van der Waals surface area contributed by atoms with Crippen LogP contribution < -0.4 is 0 Å². The van der Waals surface area contributed by atoms with Gasteiger partial charge in [0.05, 0.1) is 0 Å². The van der Waals surface area contributed by atoms with Crippen LogP contribution in [-0.2, 0) is 0 Å². The molecule has 1 atom stereocenters. The Kier molecular flexibility index (Phi) is 12.3. The van der Waals surface area contributed by atoms with Crippen molar-refractivity contribution in [1.29, 1.82) is 0 Å². The molecule has 0 aliphatic rings. The molecule has 1 N–H and O–H groups in total. The number of phenols is 1. The molecule has 0 aliphatic heterocycles. The molecule has 1 heteroatoms. The van der Waals surface area contributed by atoms with Crippen molar-refractivity contribution in [2.24, 2.45) is 0 Å². The quantitative estimate of drug-likeness (QED) is 0.274. The molecule has 0 spiro atoms. The van der Waals surface area contributed by atoms with Crippen LogP contribution in [0.2, 0.25) is 0 Å². The molecule has 0 fully saturated rings. The van der Waals surface area contributed by atoms with Gasteiger partial charge in [-0.15, -0.1) is 0 Å². The zero-order valence-corrected chi connectivity index (χ0v) is 19.5. The van der Waals surface area contributed by atoms with Crippen LogP contribution in [0.1, 0.15) is 115 Å². The van der Waals surface area contributed by atoms with Gasteiger partial charge in [0.15, 0.2) is 0 Å². The molecule has 0 saturated carbocycles. The minimum absolute atomic E-state index is 0.389. The maximum atomic E-state index is 10.4. The Morgan fingerprint density at radius 2 is 1.03 bits per heavy atom. The first kappa shape index (κ1) is 24.5. The third-order valence-electron chi connectivity index (χ3n) is 6.41. The summed E-state index contributed by atoms with van der Waals surface area (Å²) in [5.41, 5.74) is 3.61. The van der Waals surface area contributed by atoms with Gasteiger partial charge in [0.25, 0.3) is 0 Å². The lowest BCUT2D eigenvalue weighted by Crippen LogP contribution is -2.02. The SMILES string of the molecule is CCCCCCCCCCCC(CCCCC)c1ccccc1-c1ccccc1O. The fraction of sp³-hybridized carbons (Fsp3) is 0.586. The third-order valence-corrected chi connectivity index (χ3v) is 6.41. The fourth-order valence-electron chi connectivity index (χ4n) is 4.60. The largest absolute Gasteiger partial charge is 0.507 e. The first-order valence-electron chi connectivity index (χ1n) is 12.6. The van der Waals surface area contributed by atoms with E-state index in [0.717, 1.165) is 5.56 Å². The highest BCUT2D eigenvalue weighted by molar-refractivity contribution is 5.73. The van der Waals surface area contributed by atoms with Crippen molar-refractivity contribution in [3.63, 3.8) is 0 Å². The minimum atomic E-state index is 0.389. The summed E-state index contributed by atoms with van der Waals surface area (Å²) in [4.78, 5) is 0. The molecule has 0 heterocycles. The second-order valence-corrected chi connectivity index (χ2v) is 8.91. The zero-order valence-electron chi connectivity index (χ0n) is 19.5. The Bertz CT molecular complexity index is 690. The number of rotatable bonds is 16. The standard InChI is InChI=1S/C29H44O/c1-3-5-7-8-9-10-11-12-14-20-25(19-13-6-4-2)26-21-15-16-22-27(26)28-23-17-18-24-29(28)30/h15-18,21-25,30H,3-14,19-20H2,1-2H3. The predicted molar refractivity (Wildman–Crippen MR) is 132 cm³/mol. The van der Waals surface area contributed by atoms with Gasteiger partial charge in [-0.3, -0.25) is 0 Å². The molecule has 0 bridgehead atoms. The normalized spacial score (nSPS) is 12.2. The molecule has 2 aromatic rings. The van der Waals surface area contributed by atoms with Crippen molar-refractivity contribution in [3.8, 4) is 16.9 Å². The lowest BCUT2D eigenvalue weighted by molar-refractivity contribution is 0.476. The minimum Gasteiger partial charge on any atom is -0.507 e. The van der Waals surface area contributed by atoms with Crippen LogP contribution >= 0.6 is 0 Å². The molecule has 0 aliphatic carbocycles. The van der Waals surface area contributed by atoms with Gasteiger partial charge in [-0.25, -0.2) is 0 Å². The first-order valence-corrected chi connectivity index (χ1v) is 12.6. The van der Waals surface area contributed by atoms with E-state index in [-0.39, 0.29) is 0 Å². The molecule has 1 unspecified atom stereocenters. The number of unbranched alkanes of at least 4 members (excludes halogenated alkanes) is 10. The number of hydrogen-bond acceptors (Lipinski definition) is 1. The summed E-state index contributed by atoms with van der Waals surface area (Å²) in [6, 6.07) is 16.5. The van der Waals surface area contributed by atoms with Crippen LogP contribution in [0, 0.1) is 0 Å². The monoisotopic (exact) mass is 408 g/mol. The molecule has 1 nitrogen and oxygen atoms in total. The molecule has 0 aromatic heterocycles. The van der Waals surface area contributed by atoms with E-state index in [2.05, 4.69) is 44.2 Å². The van der Waals surface area contributed by atoms with Crippen LogP contribution in [0.25, 0.3) is 11.1 Å². The fourth-order valence-corrected chi connectivity index (χ4v) is 4.60. The Morgan fingerprint density at radius 1 is 0.567 bits per heavy atom. The highest BCUT2D eigenvalue weighted by Crippen LogP contribution is 2.38. The van der Waals surface area contributed by atoms with E-state index in [1.165, 1.54) is 101 Å². The Balaban J connectivity index is 1.96. The van der Waals surface area contributed by atoms with Crippen LogP contribution in [0.4, 0.5) is 0 Å². The second kappa shape index (κ2) is 15.1. The zero-order chi connectivity index (χ0) is 21.4. The van der Waals surface area contributed by atoms with Gasteiger partial charge in [-0.2, -0.15) is 0 Å². The van der Waals surface area contributed by atoms with Crippen molar-refractivity contribution in [1.82, 2.24) is 0 Å². The van der Waals surface area contributed by atoms with Gasteiger partial charge in [0, 0.05) is 5.56 Å². The van der Waals surface area contributed by atoms with E-state index in [0.29, 0.717) is 11.7 Å². The third kappa shape index (κ3) is 8.54. The summed E-state index contributed by atoms with van der Waals surface area (Å²) in [5.74, 6) is 0.984. The maximum absolute atomic E-state index is 10.4. The molecule has 30 heavy (non-hydrogen) atoms. The molecular formula is C29H44O. The van der Waals surface area contributed by atoms with Crippen molar-refractivity contribution in [2.45, 2.75) is 110 Å². The van der Waals surface area contributed by atoms with Gasteiger partial charge < -0.3 is 5.11 Å². The second-order valence-electron chi connectivity index (χ2n) is 8.91. The van der Waals surface area contributed by atoms with E-state index < -0.39 is 0 Å². The van der Waals surface area contributed by atoms with Crippen molar-refractivity contribution in [3.05, 3.63) is 54.1 Å². The number of phenolic OH excluding ortho intramolecular Hbond substituents is 1. The summed E-state index contributed by atoms with van der Waals surface area (Å²) >= 11 is 0. The van der Waals surface area contributed by atoms with Crippen LogP contribution in [0.15, 0.2) is 48.5 Å². The van der Waals surface area contributed by atoms with Gasteiger partial charge in [0.2, 0.25) is 0 Å². The summed E-state index contributed by atoms with van der Waals surface area (Å²) in [5, 5.41) is 10.4. The topological polar surface area (TPSA) is 20.2 Å². The lowest BCUT2D eigenvalue weighted by atomic mass is 9.83. The smallest absolute Gasteiger partial charge is 0.123 e. The van der Waals surface area contributed by atoms with Crippen LogP contribution in [0.5, 0.6) is 5.75 Å². The molecule has 2 rings (SSSR count). The maximum Gasteiger partial charge on any atom is 0.123 e. The Morgan fingerprint density at radius 3 is 1.67 bits per heavy atom. The number of aromatic hydroxyl groups is 1. The summed E-state index contributed by atoms with van der Waals surface area (Å²) in [7, 11) is 0. The van der Waals surface area contributed by atoms with Crippen molar-refractivity contribution >= 4 is 0 Å². The highest BCUT2D eigenvalue weighted by atomic mass is 16.3. The number of benzene rings is 2. The average Bonchev–Trinajstić information content (AvgIpc) is 2.77. The van der Waals surface area contributed by atoms with Crippen LogP contribution in [-0.4, -0.2) is 5.11 Å². The summed E-state index contributed by atoms with van der Waals surface area (Å²) in [6.07, 6.45) is 18.9. The highest BCUT2D eigenvalue weighted by Gasteiger charge is 2.17. The molecule has 2 aromatic carbocycles. The van der Waals surface area contributed by atoms with Crippen LogP contribution in [0.3, 0.4) is 0 Å². The van der Waals surface area contributed by atoms with E-state index in [9.17, 15) is 5.11 Å². The van der Waals surface area contributed by atoms with Gasteiger partial charge >= 0.3 is 0 Å². The van der Waals surface area contributed by atoms with E-state index in [1.807, 2.05) is 12.1 Å². The number of para-hydroxylation sites is 1. The summed E-state index contributed by atoms with van der Waals surface area (Å²) in [6.45, 7) is 4.57. The molecule has 166 valence electrons. The van der Waals surface area contributed by atoms with E-state index in [1.54, 1.807) is 6.07 Å². The van der Waals surface area contributed by atoms with Gasteiger partial charge in [0.1, 0.15) is 5.75 Å². The van der Waals surface area contributed by atoms with Gasteiger partial charge in [-0.1, -0.05) is 133 Å². The van der Waals surface area contributed by atoms with Gasteiger partial charge in [-0.05, 0) is 36.0 Å². The number of hydrogen-bond donors (Lipinski definition) is 1. The van der Waals surface area contributed by atoms with E-state index >= 15 is 0 Å². The molecular weight excluding hydrogens is 364 g/mol. The average molecular weight is 409 g/mol.